The smallest absolute Gasteiger partial charge is 0.192 e. The highest BCUT2D eigenvalue weighted by Crippen LogP contribution is 2.54. The third kappa shape index (κ3) is 4.99. The lowest BCUT2D eigenvalue weighted by Gasteiger charge is -2.44. The maximum atomic E-state index is 12.8. The van der Waals surface area contributed by atoms with Crippen molar-refractivity contribution >= 4 is 22.4 Å². The average molecular weight is 439 g/mol. The molecule has 168 valence electrons. The van der Waals surface area contributed by atoms with Gasteiger partial charge in [0.2, 0.25) is 0 Å². The SMILES string of the molecule is CC(C)(C)[Si](C)(C)OCCC1=C2CC[C@H](O[Si](C)(C)C(C)(C)C)[C@@]2(C)CCC1=O. The van der Waals surface area contributed by atoms with E-state index in [1.807, 2.05) is 0 Å². The highest BCUT2D eigenvalue weighted by Gasteiger charge is 2.51. The second kappa shape index (κ2) is 8.03. The van der Waals surface area contributed by atoms with Gasteiger partial charge in [-0.1, -0.05) is 54.0 Å². The van der Waals surface area contributed by atoms with E-state index in [1.54, 1.807) is 0 Å². The first-order chi connectivity index (χ1) is 12.9. The van der Waals surface area contributed by atoms with E-state index >= 15 is 0 Å². The number of hydrogen-bond acceptors (Lipinski definition) is 3. The van der Waals surface area contributed by atoms with Crippen LogP contribution in [0.2, 0.25) is 36.3 Å². The van der Waals surface area contributed by atoms with E-state index in [1.165, 1.54) is 5.57 Å². The van der Waals surface area contributed by atoms with Gasteiger partial charge in [-0.25, -0.2) is 0 Å². The lowest BCUT2D eigenvalue weighted by molar-refractivity contribution is -0.117. The van der Waals surface area contributed by atoms with E-state index in [0.29, 0.717) is 18.8 Å². The summed E-state index contributed by atoms with van der Waals surface area (Å²) in [4.78, 5) is 12.8. The predicted octanol–water partition coefficient (Wildman–Crippen LogP) is 7.25. The molecule has 0 heterocycles. The first-order valence-corrected chi connectivity index (χ1v) is 17.3. The minimum absolute atomic E-state index is 0.0235. The Kier molecular flexibility index (Phi) is 6.93. The number of Topliss-reactive ketones (excluding diaryl/α,β-unsaturated/α-hetero) is 1. The molecule has 0 aliphatic heterocycles. The van der Waals surface area contributed by atoms with Crippen molar-refractivity contribution in [1.82, 2.24) is 0 Å². The fraction of sp³-hybridized carbons (Fsp3) is 0.875. The van der Waals surface area contributed by atoms with Crippen LogP contribution in [-0.2, 0) is 13.6 Å². The monoisotopic (exact) mass is 438 g/mol. The summed E-state index contributed by atoms with van der Waals surface area (Å²) in [5.74, 6) is 0.351. The molecule has 0 radical (unpaired) electrons. The van der Waals surface area contributed by atoms with Crippen molar-refractivity contribution in [3.05, 3.63) is 11.1 Å². The summed E-state index contributed by atoms with van der Waals surface area (Å²) in [6, 6.07) is 0. The summed E-state index contributed by atoms with van der Waals surface area (Å²) in [6.07, 6.45) is 4.68. The molecule has 0 unspecified atom stereocenters. The van der Waals surface area contributed by atoms with Gasteiger partial charge in [-0.3, -0.25) is 4.79 Å². The van der Waals surface area contributed by atoms with Crippen molar-refractivity contribution in [1.29, 1.82) is 0 Å². The summed E-state index contributed by atoms with van der Waals surface area (Å²) in [5, 5.41) is 0.408. The van der Waals surface area contributed by atoms with Gasteiger partial charge in [-0.05, 0) is 67.5 Å². The highest BCUT2D eigenvalue weighted by atomic mass is 28.4. The Hall–Kier alpha value is -0.236. The normalized spacial score (nSPS) is 26.9. The van der Waals surface area contributed by atoms with Crippen LogP contribution in [0.5, 0.6) is 0 Å². The second-order valence-electron chi connectivity index (χ2n) is 12.6. The Morgan fingerprint density at radius 2 is 1.52 bits per heavy atom. The summed E-state index contributed by atoms with van der Waals surface area (Å²) < 4.78 is 13.3. The molecule has 0 amide bonds. The summed E-state index contributed by atoms with van der Waals surface area (Å²) in [6.45, 7) is 26.0. The van der Waals surface area contributed by atoms with Crippen molar-refractivity contribution in [2.75, 3.05) is 6.61 Å². The fourth-order valence-corrected chi connectivity index (χ4v) is 6.70. The molecule has 0 aromatic rings. The van der Waals surface area contributed by atoms with Crippen molar-refractivity contribution in [2.24, 2.45) is 5.41 Å². The largest absolute Gasteiger partial charge is 0.416 e. The Morgan fingerprint density at radius 3 is 2.03 bits per heavy atom. The molecule has 1 fully saturated rings. The van der Waals surface area contributed by atoms with E-state index in [4.69, 9.17) is 8.85 Å². The average Bonchev–Trinajstić information content (AvgIpc) is 2.84. The molecule has 5 heteroatoms. The van der Waals surface area contributed by atoms with E-state index in [9.17, 15) is 4.79 Å². The zero-order valence-electron chi connectivity index (χ0n) is 21.0. The number of rotatable bonds is 6. The Balaban J connectivity index is 2.20. The quantitative estimate of drug-likeness (QED) is 0.410. The van der Waals surface area contributed by atoms with Gasteiger partial charge in [0.1, 0.15) is 0 Å². The fourth-order valence-electron chi connectivity index (χ4n) is 4.21. The van der Waals surface area contributed by atoms with E-state index in [-0.39, 0.29) is 21.6 Å². The van der Waals surface area contributed by atoms with Gasteiger partial charge >= 0.3 is 0 Å². The van der Waals surface area contributed by atoms with Crippen LogP contribution >= 0.6 is 0 Å². The number of carbonyl (C=O) groups excluding carboxylic acids is 1. The Morgan fingerprint density at radius 1 is 0.966 bits per heavy atom. The summed E-state index contributed by atoms with van der Waals surface area (Å²) in [7, 11) is -3.61. The topological polar surface area (TPSA) is 35.5 Å². The standard InChI is InChI=1S/C24H46O3Si2/c1-22(2,3)28(8,9)26-17-15-18-19-12-13-21(24(19,7)16-14-20(18)25)27-29(10,11)23(4,5)6/h21H,12-17H2,1-11H3/t21-,24-/m0/s1. The van der Waals surface area contributed by atoms with Crippen LogP contribution in [0, 0.1) is 5.41 Å². The van der Waals surface area contributed by atoms with Gasteiger partial charge in [0.15, 0.2) is 22.4 Å². The van der Waals surface area contributed by atoms with E-state index in [0.717, 1.165) is 31.3 Å². The molecular weight excluding hydrogens is 392 g/mol. The minimum atomic E-state index is -1.83. The zero-order valence-corrected chi connectivity index (χ0v) is 23.0. The second-order valence-corrected chi connectivity index (χ2v) is 22.1. The van der Waals surface area contributed by atoms with Gasteiger partial charge in [0.05, 0.1) is 6.10 Å². The number of hydrogen-bond donors (Lipinski definition) is 0. The van der Waals surface area contributed by atoms with Crippen molar-refractivity contribution in [2.45, 2.75) is 123 Å². The van der Waals surface area contributed by atoms with Crippen LogP contribution in [0.4, 0.5) is 0 Å². The van der Waals surface area contributed by atoms with Gasteiger partial charge in [-0.15, -0.1) is 0 Å². The molecule has 0 N–H and O–H groups in total. The molecule has 29 heavy (non-hydrogen) atoms. The van der Waals surface area contributed by atoms with E-state index < -0.39 is 16.6 Å². The zero-order chi connectivity index (χ0) is 22.5. The molecule has 2 aliphatic rings. The Bertz CT molecular complexity index is 665. The predicted molar refractivity (Wildman–Crippen MR) is 128 cm³/mol. The lowest BCUT2D eigenvalue weighted by Crippen LogP contribution is -2.48. The third-order valence-electron chi connectivity index (χ3n) is 8.49. The third-order valence-corrected chi connectivity index (χ3v) is 17.5. The minimum Gasteiger partial charge on any atom is -0.416 e. The summed E-state index contributed by atoms with van der Waals surface area (Å²) in [5.41, 5.74) is 2.48. The molecule has 2 rings (SSSR count). The van der Waals surface area contributed by atoms with E-state index in [2.05, 4.69) is 74.7 Å². The summed E-state index contributed by atoms with van der Waals surface area (Å²) >= 11 is 0. The van der Waals surface area contributed by atoms with Crippen molar-refractivity contribution in [3.63, 3.8) is 0 Å². The first-order valence-electron chi connectivity index (χ1n) is 11.5. The van der Waals surface area contributed by atoms with Crippen LogP contribution in [0.1, 0.15) is 80.6 Å². The number of fused-ring (bicyclic) bond motifs is 1. The lowest BCUT2D eigenvalue weighted by atomic mass is 9.71. The van der Waals surface area contributed by atoms with Crippen LogP contribution in [0.3, 0.4) is 0 Å². The molecular formula is C24H46O3Si2. The molecule has 2 atom stereocenters. The molecule has 0 spiro atoms. The van der Waals surface area contributed by atoms with Crippen LogP contribution in [0.15, 0.2) is 11.1 Å². The van der Waals surface area contributed by atoms with Crippen LogP contribution in [0.25, 0.3) is 0 Å². The van der Waals surface area contributed by atoms with Crippen molar-refractivity contribution in [3.8, 4) is 0 Å². The molecule has 0 saturated heterocycles. The van der Waals surface area contributed by atoms with Gasteiger partial charge in [0, 0.05) is 18.4 Å². The molecule has 0 bridgehead atoms. The molecule has 0 aromatic heterocycles. The van der Waals surface area contributed by atoms with Gasteiger partial charge in [0.25, 0.3) is 0 Å². The number of carbonyl (C=O) groups is 1. The van der Waals surface area contributed by atoms with Crippen LogP contribution < -0.4 is 0 Å². The molecule has 1 saturated carbocycles. The maximum absolute atomic E-state index is 12.8. The highest BCUT2D eigenvalue weighted by molar-refractivity contribution is 6.74. The molecule has 2 aliphatic carbocycles. The molecule has 0 aromatic carbocycles. The van der Waals surface area contributed by atoms with Gasteiger partial charge in [-0.2, -0.15) is 0 Å². The van der Waals surface area contributed by atoms with Crippen LogP contribution in [-0.4, -0.2) is 35.1 Å². The van der Waals surface area contributed by atoms with Crippen molar-refractivity contribution < 1.29 is 13.6 Å². The Labute approximate surface area is 182 Å². The van der Waals surface area contributed by atoms with Gasteiger partial charge < -0.3 is 8.85 Å². The first kappa shape index (κ1) is 25.0. The number of ketones is 1. The maximum Gasteiger partial charge on any atom is 0.192 e. The molecule has 3 nitrogen and oxygen atoms in total.